The van der Waals surface area contributed by atoms with E-state index in [4.69, 9.17) is 0 Å². The molecule has 0 bridgehead atoms. The number of alkyl halides is 3. The molecule has 0 aliphatic carbocycles. The standard InChI is InChI=1S/C10H5F3N2O2/c11-10(12,13)9-14-8(15-17-9)7-4-2-1-3-6(7)5-16/h1-5H. The lowest BCUT2D eigenvalue weighted by atomic mass is 10.1. The molecular weight excluding hydrogens is 237 g/mol. The molecule has 0 radical (unpaired) electrons. The molecule has 17 heavy (non-hydrogen) atoms. The first-order chi connectivity index (χ1) is 8.02. The van der Waals surface area contributed by atoms with E-state index in [2.05, 4.69) is 14.7 Å². The molecule has 88 valence electrons. The topological polar surface area (TPSA) is 56.0 Å². The number of hydrogen-bond acceptors (Lipinski definition) is 4. The molecule has 2 rings (SSSR count). The molecule has 0 aliphatic rings. The summed E-state index contributed by atoms with van der Waals surface area (Å²) < 4.78 is 40.8. The molecule has 0 saturated carbocycles. The predicted octanol–water partition coefficient (Wildman–Crippen LogP) is 2.57. The van der Waals surface area contributed by atoms with Crippen molar-refractivity contribution < 1.29 is 22.5 Å². The minimum Gasteiger partial charge on any atom is -0.329 e. The monoisotopic (exact) mass is 242 g/mol. The van der Waals surface area contributed by atoms with E-state index >= 15 is 0 Å². The van der Waals surface area contributed by atoms with E-state index in [9.17, 15) is 18.0 Å². The molecule has 0 aliphatic heterocycles. The first-order valence-electron chi connectivity index (χ1n) is 4.48. The maximum atomic E-state index is 12.2. The van der Waals surface area contributed by atoms with Crippen LogP contribution in [0.5, 0.6) is 0 Å². The van der Waals surface area contributed by atoms with E-state index in [0.29, 0.717) is 6.29 Å². The fourth-order valence-electron chi connectivity index (χ4n) is 1.25. The van der Waals surface area contributed by atoms with Crippen LogP contribution >= 0.6 is 0 Å². The zero-order valence-electron chi connectivity index (χ0n) is 8.23. The Labute approximate surface area is 93.1 Å². The Balaban J connectivity index is 2.47. The van der Waals surface area contributed by atoms with Crippen LogP contribution in [0.3, 0.4) is 0 Å². The third kappa shape index (κ3) is 2.17. The summed E-state index contributed by atoms with van der Waals surface area (Å²) in [7, 11) is 0. The number of halogens is 3. The molecule has 0 amide bonds. The third-order valence-electron chi connectivity index (χ3n) is 2.00. The average Bonchev–Trinajstić information content (AvgIpc) is 2.77. The van der Waals surface area contributed by atoms with Crippen LogP contribution in [0.4, 0.5) is 13.2 Å². The summed E-state index contributed by atoms with van der Waals surface area (Å²) in [6.45, 7) is 0. The van der Waals surface area contributed by atoms with Crippen molar-refractivity contribution >= 4 is 6.29 Å². The Morgan fingerprint density at radius 3 is 2.53 bits per heavy atom. The summed E-state index contributed by atoms with van der Waals surface area (Å²) in [5, 5.41) is 3.20. The number of hydrogen-bond donors (Lipinski definition) is 0. The fraction of sp³-hybridized carbons (Fsp3) is 0.100. The van der Waals surface area contributed by atoms with Crippen molar-refractivity contribution in [1.82, 2.24) is 10.1 Å². The van der Waals surface area contributed by atoms with Crippen molar-refractivity contribution in [2.24, 2.45) is 0 Å². The number of rotatable bonds is 2. The van der Waals surface area contributed by atoms with Gasteiger partial charge in [0, 0.05) is 11.1 Å². The normalized spacial score (nSPS) is 11.5. The lowest BCUT2D eigenvalue weighted by Crippen LogP contribution is -2.04. The van der Waals surface area contributed by atoms with Crippen LogP contribution in [0.1, 0.15) is 16.2 Å². The molecule has 1 aromatic heterocycles. The Bertz CT molecular complexity index is 548. The highest BCUT2D eigenvalue weighted by molar-refractivity contribution is 5.85. The molecule has 0 spiro atoms. The van der Waals surface area contributed by atoms with Gasteiger partial charge < -0.3 is 4.52 Å². The summed E-state index contributed by atoms with van der Waals surface area (Å²) in [6.07, 6.45) is -4.18. The fourth-order valence-corrected chi connectivity index (χ4v) is 1.25. The van der Waals surface area contributed by atoms with Gasteiger partial charge in [0.05, 0.1) is 0 Å². The molecule has 1 aromatic carbocycles. The van der Waals surface area contributed by atoms with Crippen LogP contribution in [0.15, 0.2) is 28.8 Å². The summed E-state index contributed by atoms with van der Waals surface area (Å²) in [5.41, 5.74) is 0.392. The van der Waals surface area contributed by atoms with Crippen molar-refractivity contribution in [1.29, 1.82) is 0 Å². The summed E-state index contributed by atoms with van der Waals surface area (Å²) >= 11 is 0. The second-order valence-corrected chi connectivity index (χ2v) is 3.13. The smallest absolute Gasteiger partial charge is 0.329 e. The van der Waals surface area contributed by atoms with Crippen LogP contribution in [0.2, 0.25) is 0 Å². The second-order valence-electron chi connectivity index (χ2n) is 3.13. The maximum Gasteiger partial charge on any atom is 0.471 e. The molecule has 0 N–H and O–H groups in total. The number of aldehydes is 1. The van der Waals surface area contributed by atoms with Crippen molar-refractivity contribution in [2.75, 3.05) is 0 Å². The van der Waals surface area contributed by atoms with Gasteiger partial charge in [-0.15, -0.1) is 0 Å². The maximum absolute atomic E-state index is 12.2. The van der Waals surface area contributed by atoms with Crippen LogP contribution in [-0.2, 0) is 6.18 Å². The quantitative estimate of drug-likeness (QED) is 0.759. The van der Waals surface area contributed by atoms with Crippen molar-refractivity contribution in [3.63, 3.8) is 0 Å². The van der Waals surface area contributed by atoms with Crippen molar-refractivity contribution in [3.8, 4) is 11.4 Å². The van der Waals surface area contributed by atoms with Gasteiger partial charge in [-0.25, -0.2) is 0 Å². The summed E-state index contributed by atoms with van der Waals surface area (Å²) in [5.74, 6) is -1.70. The number of carbonyl (C=O) groups excluding carboxylic acids is 1. The lowest BCUT2D eigenvalue weighted by molar-refractivity contribution is -0.159. The number of nitrogens with zero attached hydrogens (tertiary/aromatic N) is 2. The van der Waals surface area contributed by atoms with Gasteiger partial charge in [0.1, 0.15) is 0 Å². The predicted molar refractivity (Wildman–Crippen MR) is 50.1 cm³/mol. The van der Waals surface area contributed by atoms with Gasteiger partial charge >= 0.3 is 12.1 Å². The lowest BCUT2D eigenvalue weighted by Gasteiger charge is -1.98. The van der Waals surface area contributed by atoms with E-state index in [1.807, 2.05) is 0 Å². The molecule has 0 saturated heterocycles. The van der Waals surface area contributed by atoms with Crippen LogP contribution in [0, 0.1) is 0 Å². The Morgan fingerprint density at radius 1 is 1.24 bits per heavy atom. The zero-order valence-corrected chi connectivity index (χ0v) is 8.23. The Hall–Kier alpha value is -2.18. The first kappa shape index (κ1) is 11.3. The van der Waals surface area contributed by atoms with Crippen LogP contribution < -0.4 is 0 Å². The molecule has 2 aromatic rings. The number of benzene rings is 1. The van der Waals surface area contributed by atoms with Gasteiger partial charge in [0.2, 0.25) is 5.82 Å². The molecule has 4 nitrogen and oxygen atoms in total. The van der Waals surface area contributed by atoms with Gasteiger partial charge in [-0.3, -0.25) is 4.79 Å². The molecule has 1 heterocycles. The highest BCUT2D eigenvalue weighted by Crippen LogP contribution is 2.29. The van der Waals surface area contributed by atoms with Crippen LogP contribution in [0.25, 0.3) is 11.4 Å². The summed E-state index contributed by atoms with van der Waals surface area (Å²) in [4.78, 5) is 13.9. The Kier molecular flexibility index (Phi) is 2.66. The van der Waals surface area contributed by atoms with E-state index in [1.54, 1.807) is 12.1 Å². The molecular formula is C10H5F3N2O2. The average molecular weight is 242 g/mol. The third-order valence-corrected chi connectivity index (χ3v) is 2.00. The van der Waals surface area contributed by atoms with E-state index in [1.165, 1.54) is 12.1 Å². The Morgan fingerprint density at radius 2 is 1.94 bits per heavy atom. The van der Waals surface area contributed by atoms with Gasteiger partial charge in [-0.05, 0) is 0 Å². The second kappa shape index (κ2) is 4.00. The highest BCUT2D eigenvalue weighted by Gasteiger charge is 2.38. The van der Waals surface area contributed by atoms with Gasteiger partial charge in [-0.1, -0.05) is 29.4 Å². The summed E-state index contributed by atoms with van der Waals surface area (Å²) in [6, 6.07) is 6.03. The van der Waals surface area contributed by atoms with Crippen molar-refractivity contribution in [2.45, 2.75) is 6.18 Å². The molecule has 0 fully saturated rings. The van der Waals surface area contributed by atoms with E-state index in [-0.39, 0.29) is 17.0 Å². The molecule has 0 unspecified atom stereocenters. The largest absolute Gasteiger partial charge is 0.471 e. The number of aromatic nitrogens is 2. The molecule has 7 heteroatoms. The van der Waals surface area contributed by atoms with Gasteiger partial charge in [0.25, 0.3) is 0 Å². The highest BCUT2D eigenvalue weighted by atomic mass is 19.4. The van der Waals surface area contributed by atoms with Gasteiger partial charge in [0.15, 0.2) is 6.29 Å². The minimum absolute atomic E-state index is 0.196. The van der Waals surface area contributed by atoms with Gasteiger partial charge in [-0.2, -0.15) is 18.2 Å². The zero-order chi connectivity index (χ0) is 12.5. The van der Waals surface area contributed by atoms with E-state index < -0.39 is 12.1 Å². The molecule has 0 atom stereocenters. The SMILES string of the molecule is O=Cc1ccccc1-c1noc(C(F)(F)F)n1. The van der Waals surface area contributed by atoms with Crippen molar-refractivity contribution in [3.05, 3.63) is 35.7 Å². The number of carbonyl (C=O) groups is 1. The first-order valence-corrected chi connectivity index (χ1v) is 4.48. The van der Waals surface area contributed by atoms with Crippen LogP contribution in [-0.4, -0.2) is 16.4 Å². The van der Waals surface area contributed by atoms with E-state index in [0.717, 1.165) is 0 Å². The minimum atomic E-state index is -4.69.